The summed E-state index contributed by atoms with van der Waals surface area (Å²) in [6, 6.07) is 6.56. The van der Waals surface area contributed by atoms with Crippen molar-refractivity contribution < 1.29 is 34.2 Å². The molecule has 4 rings (SSSR count). The molecule has 0 atom stereocenters. The maximum Gasteiger partial charge on any atom is 0.303 e. The second-order valence-electron chi connectivity index (χ2n) is 10.2. The highest BCUT2D eigenvalue weighted by atomic mass is 16.4. The van der Waals surface area contributed by atoms with Crippen molar-refractivity contribution in [2.75, 3.05) is 11.6 Å². The van der Waals surface area contributed by atoms with Gasteiger partial charge in [-0.25, -0.2) is 5.01 Å². The fourth-order valence-electron chi connectivity index (χ4n) is 5.31. The van der Waals surface area contributed by atoms with Gasteiger partial charge < -0.3 is 21.3 Å². The Bertz CT molecular complexity index is 1230. The van der Waals surface area contributed by atoms with Gasteiger partial charge in [-0.15, -0.1) is 0 Å². The number of para-hydroxylation sites is 1. The summed E-state index contributed by atoms with van der Waals surface area (Å²) in [5.74, 6) is -3.41. The summed E-state index contributed by atoms with van der Waals surface area (Å²) in [4.78, 5) is 59.6. The highest BCUT2D eigenvalue weighted by molar-refractivity contribution is 6.10. The Morgan fingerprint density at radius 2 is 1.68 bits per heavy atom. The molecule has 0 radical (unpaired) electrons. The molecule has 2 aliphatic carbocycles. The van der Waals surface area contributed by atoms with Crippen LogP contribution in [0, 0.1) is 22.2 Å². The summed E-state index contributed by atoms with van der Waals surface area (Å²) in [5, 5.41) is 28.4. The van der Waals surface area contributed by atoms with Gasteiger partial charge in [-0.2, -0.15) is 0 Å². The second-order valence-corrected chi connectivity index (χ2v) is 10.2. The number of nitrogens with one attached hydrogen (secondary N) is 3. The fourth-order valence-corrected chi connectivity index (χ4v) is 5.31. The molecule has 0 saturated heterocycles. The topological polar surface area (TPSA) is 203 Å². The highest BCUT2D eigenvalue weighted by Gasteiger charge is 2.47. The van der Waals surface area contributed by atoms with Crippen molar-refractivity contribution in [1.29, 1.82) is 5.41 Å². The molecule has 214 valence electrons. The van der Waals surface area contributed by atoms with E-state index in [2.05, 4.69) is 10.7 Å². The Morgan fingerprint density at radius 1 is 1.07 bits per heavy atom. The third kappa shape index (κ3) is 6.56. The number of hydrogen-bond donors (Lipinski definition) is 6. The molecule has 7 N–H and O–H groups in total. The number of carboxylic acids is 2. The maximum absolute atomic E-state index is 14.0. The van der Waals surface area contributed by atoms with Crippen molar-refractivity contribution >= 4 is 41.2 Å². The number of nitrogens with zero attached hydrogens (tertiary/aromatic N) is 1. The number of amidine groups is 1. The van der Waals surface area contributed by atoms with Crippen LogP contribution in [0.5, 0.6) is 0 Å². The molecular formula is C28H35N5O7. The Labute approximate surface area is 231 Å². The summed E-state index contributed by atoms with van der Waals surface area (Å²) < 4.78 is 0. The molecule has 0 aromatic heterocycles. The van der Waals surface area contributed by atoms with Gasteiger partial charge in [0.2, 0.25) is 0 Å². The van der Waals surface area contributed by atoms with Crippen LogP contribution in [-0.2, 0) is 19.2 Å². The van der Waals surface area contributed by atoms with Gasteiger partial charge in [0.15, 0.2) is 0 Å². The van der Waals surface area contributed by atoms with Crippen molar-refractivity contribution in [1.82, 2.24) is 10.7 Å². The summed E-state index contributed by atoms with van der Waals surface area (Å²) in [6.07, 6.45) is 11.3. The monoisotopic (exact) mass is 553 g/mol. The molecule has 3 aliphatic rings. The van der Waals surface area contributed by atoms with Gasteiger partial charge >= 0.3 is 5.97 Å². The van der Waals surface area contributed by atoms with Crippen LogP contribution in [0.1, 0.15) is 62.2 Å². The van der Waals surface area contributed by atoms with Crippen molar-refractivity contribution in [3.05, 3.63) is 54.1 Å². The van der Waals surface area contributed by atoms with Crippen LogP contribution in [-0.4, -0.2) is 52.3 Å². The van der Waals surface area contributed by atoms with Gasteiger partial charge in [0.25, 0.3) is 23.7 Å². The third-order valence-corrected chi connectivity index (χ3v) is 7.49. The Kier molecular flexibility index (Phi) is 9.46. The van der Waals surface area contributed by atoms with E-state index in [1.54, 1.807) is 48.6 Å². The smallest absolute Gasteiger partial charge is 0.303 e. The van der Waals surface area contributed by atoms with Crippen LogP contribution in [0.3, 0.4) is 0 Å². The SMILES string of the molecule is CC(=O)O.N=C(N)C1(CCC(=O)O)C=CC(C(=O)NN2C(=O)CNC(=O)c3ccccc32)(C2CCCCC2)C=C1. The summed E-state index contributed by atoms with van der Waals surface area (Å²) >= 11 is 0. The molecular weight excluding hydrogens is 518 g/mol. The van der Waals surface area contributed by atoms with E-state index in [9.17, 15) is 24.3 Å². The second kappa shape index (κ2) is 12.6. The largest absolute Gasteiger partial charge is 0.481 e. The molecule has 1 aromatic carbocycles. The average Bonchev–Trinajstić information content (AvgIpc) is 3.04. The number of nitrogens with two attached hydrogens (primary N) is 1. The highest BCUT2D eigenvalue weighted by Crippen LogP contribution is 2.46. The van der Waals surface area contributed by atoms with E-state index in [1.165, 1.54) is 0 Å². The van der Waals surface area contributed by atoms with E-state index in [0.717, 1.165) is 44.0 Å². The number of carboxylic acid groups (broad SMARTS) is 2. The molecule has 1 aliphatic heterocycles. The predicted molar refractivity (Wildman–Crippen MR) is 146 cm³/mol. The van der Waals surface area contributed by atoms with Gasteiger partial charge in [-0.3, -0.25) is 34.8 Å². The van der Waals surface area contributed by atoms with E-state index in [1.807, 2.05) is 0 Å². The average molecular weight is 554 g/mol. The zero-order chi connectivity index (χ0) is 29.5. The summed E-state index contributed by atoms with van der Waals surface area (Å²) in [6.45, 7) is 0.818. The molecule has 1 heterocycles. The van der Waals surface area contributed by atoms with E-state index >= 15 is 0 Å². The number of hydrazine groups is 1. The minimum Gasteiger partial charge on any atom is -0.481 e. The van der Waals surface area contributed by atoms with Gasteiger partial charge in [0.1, 0.15) is 5.84 Å². The molecule has 3 amide bonds. The zero-order valence-corrected chi connectivity index (χ0v) is 22.3. The number of hydrogen-bond acceptors (Lipinski definition) is 6. The third-order valence-electron chi connectivity index (χ3n) is 7.49. The lowest BCUT2D eigenvalue weighted by atomic mass is 9.63. The number of carbonyl (C=O) groups is 5. The first-order valence-electron chi connectivity index (χ1n) is 13.1. The van der Waals surface area contributed by atoms with Crippen molar-refractivity contribution in [3.8, 4) is 0 Å². The summed E-state index contributed by atoms with van der Waals surface area (Å²) in [5.41, 5.74) is 6.98. The summed E-state index contributed by atoms with van der Waals surface area (Å²) in [7, 11) is 0. The number of carbonyl (C=O) groups excluding carboxylic acids is 3. The molecule has 40 heavy (non-hydrogen) atoms. The van der Waals surface area contributed by atoms with Crippen LogP contribution in [0.15, 0.2) is 48.6 Å². The van der Waals surface area contributed by atoms with E-state index in [-0.39, 0.29) is 42.4 Å². The standard InChI is InChI=1S/C26H31N5O5.C2H4O2/c27-23(28)25(11-10-21(33)34)12-14-26(15-13-25,17-6-2-1-3-7-17)24(36)30-31-19-9-5-4-8-18(19)22(35)29-16-20(31)32;1-2(3)4/h4-5,8-9,12-15,17H,1-3,6-7,10-11,16H2,(H3,27,28)(H,29,35)(H,30,36)(H,33,34);1H3,(H,3,4). The normalized spacial score (nSPS) is 24.1. The Hall–Kier alpha value is -4.48. The van der Waals surface area contributed by atoms with Crippen LogP contribution in [0.4, 0.5) is 5.69 Å². The van der Waals surface area contributed by atoms with Crippen molar-refractivity contribution in [2.24, 2.45) is 22.5 Å². The number of anilines is 1. The van der Waals surface area contributed by atoms with E-state index in [4.69, 9.17) is 21.0 Å². The molecule has 12 heteroatoms. The number of amides is 3. The molecule has 12 nitrogen and oxygen atoms in total. The first kappa shape index (κ1) is 30.1. The molecule has 1 aromatic rings. The minimum absolute atomic E-state index is 0.0553. The van der Waals surface area contributed by atoms with Gasteiger partial charge in [0, 0.05) is 13.3 Å². The lowest BCUT2D eigenvalue weighted by Crippen LogP contribution is -2.55. The number of benzene rings is 1. The molecule has 0 spiro atoms. The van der Waals surface area contributed by atoms with Gasteiger partial charge in [0.05, 0.1) is 28.6 Å². The first-order valence-corrected chi connectivity index (χ1v) is 13.1. The van der Waals surface area contributed by atoms with Crippen LogP contribution in [0.25, 0.3) is 0 Å². The fraction of sp³-hybridized carbons (Fsp3) is 0.429. The van der Waals surface area contributed by atoms with Crippen LogP contribution >= 0.6 is 0 Å². The molecule has 1 saturated carbocycles. The number of fused-ring (bicyclic) bond motifs is 1. The number of rotatable bonds is 7. The minimum atomic E-state index is -1.12. The van der Waals surface area contributed by atoms with Gasteiger partial charge in [-0.1, -0.05) is 55.7 Å². The van der Waals surface area contributed by atoms with E-state index < -0.39 is 40.5 Å². The zero-order valence-electron chi connectivity index (χ0n) is 22.3. The maximum atomic E-state index is 14.0. The Balaban J connectivity index is 0.00000103. The predicted octanol–water partition coefficient (Wildman–Crippen LogP) is 2.36. The first-order chi connectivity index (χ1) is 18.9. The Morgan fingerprint density at radius 3 is 2.25 bits per heavy atom. The van der Waals surface area contributed by atoms with Gasteiger partial charge in [-0.05, 0) is 37.3 Å². The number of aliphatic carboxylic acids is 2. The lowest BCUT2D eigenvalue weighted by Gasteiger charge is -2.42. The van der Waals surface area contributed by atoms with Crippen molar-refractivity contribution in [3.63, 3.8) is 0 Å². The van der Waals surface area contributed by atoms with Crippen LogP contribution < -0.4 is 21.5 Å². The molecule has 0 bridgehead atoms. The lowest BCUT2D eigenvalue weighted by molar-refractivity contribution is -0.137. The van der Waals surface area contributed by atoms with Crippen molar-refractivity contribution in [2.45, 2.75) is 51.9 Å². The molecule has 0 unspecified atom stereocenters. The van der Waals surface area contributed by atoms with E-state index in [0.29, 0.717) is 0 Å². The molecule has 1 fully saturated rings. The quantitative estimate of drug-likeness (QED) is 0.168. The van der Waals surface area contributed by atoms with Crippen LogP contribution in [0.2, 0.25) is 0 Å².